The lowest BCUT2D eigenvalue weighted by Crippen LogP contribution is -2.48. The van der Waals surface area contributed by atoms with Crippen molar-refractivity contribution in [2.24, 2.45) is 0 Å². The van der Waals surface area contributed by atoms with Crippen LogP contribution in [0.1, 0.15) is 49.8 Å². The van der Waals surface area contributed by atoms with Crippen molar-refractivity contribution < 1.29 is 9.59 Å². The van der Waals surface area contributed by atoms with Crippen molar-refractivity contribution in [2.45, 2.75) is 38.6 Å². The number of hydrogen-bond acceptors (Lipinski definition) is 4. The number of benzene rings is 3. The van der Waals surface area contributed by atoms with E-state index >= 15 is 0 Å². The molecule has 0 spiro atoms. The molecule has 1 aliphatic rings. The molecule has 1 saturated heterocycles. The maximum atomic E-state index is 12.3. The Balaban J connectivity index is 1.28. The van der Waals surface area contributed by atoms with Crippen molar-refractivity contribution in [1.82, 2.24) is 10.2 Å². The molecule has 3 aromatic carbocycles. The van der Waals surface area contributed by atoms with E-state index in [9.17, 15) is 9.59 Å². The highest BCUT2D eigenvalue weighted by Gasteiger charge is 2.26. The quantitative estimate of drug-likeness (QED) is 0.380. The zero-order valence-electron chi connectivity index (χ0n) is 21.7. The summed E-state index contributed by atoms with van der Waals surface area (Å²) in [7, 11) is 0. The zero-order chi connectivity index (χ0) is 25.9. The van der Waals surface area contributed by atoms with Gasteiger partial charge in [-0.15, -0.1) is 0 Å². The fourth-order valence-corrected chi connectivity index (χ4v) is 4.86. The summed E-state index contributed by atoms with van der Waals surface area (Å²) >= 11 is 0. The van der Waals surface area contributed by atoms with E-state index in [1.54, 1.807) is 0 Å². The van der Waals surface area contributed by atoms with Crippen LogP contribution in [0.4, 0.5) is 11.4 Å². The summed E-state index contributed by atoms with van der Waals surface area (Å²) in [6.07, 6.45) is 2.19. The molecule has 4 rings (SSSR count). The van der Waals surface area contributed by atoms with Crippen LogP contribution in [0.15, 0.2) is 84.9 Å². The smallest absolute Gasteiger partial charge is 0.224 e. The van der Waals surface area contributed by atoms with Crippen LogP contribution in [-0.4, -0.2) is 49.4 Å². The molecule has 2 N–H and O–H groups in total. The second-order valence-corrected chi connectivity index (χ2v) is 9.55. The average molecular weight is 499 g/mol. The minimum absolute atomic E-state index is 0.0120. The van der Waals surface area contributed by atoms with Crippen molar-refractivity contribution in [3.63, 3.8) is 0 Å². The maximum absolute atomic E-state index is 12.3. The van der Waals surface area contributed by atoms with Gasteiger partial charge in [-0.25, -0.2) is 0 Å². The molecule has 0 atom stereocenters. The van der Waals surface area contributed by atoms with Gasteiger partial charge in [0.05, 0.1) is 6.04 Å². The molecule has 0 radical (unpaired) electrons. The van der Waals surface area contributed by atoms with Gasteiger partial charge >= 0.3 is 0 Å². The van der Waals surface area contributed by atoms with Crippen LogP contribution >= 0.6 is 0 Å². The highest BCUT2D eigenvalue weighted by molar-refractivity contribution is 5.91. The van der Waals surface area contributed by atoms with Gasteiger partial charge in [-0.05, 0) is 48.2 Å². The number of carbonyl (C=O) groups is 2. The first-order valence-electron chi connectivity index (χ1n) is 13.4. The maximum Gasteiger partial charge on any atom is 0.224 e. The predicted octanol–water partition coefficient (Wildman–Crippen LogP) is 5.23. The van der Waals surface area contributed by atoms with E-state index in [2.05, 4.69) is 93.2 Å². The standard InChI is InChI=1S/C31H38N4O2/c1-2-20-32-29(36)14-9-15-30(37)33-27-16-18-28(19-17-27)34-21-23-35(24-22-34)31(25-10-5-3-6-11-25)26-12-7-4-8-13-26/h3-8,10-13,16-19,31H,2,9,14-15,20-24H2,1H3,(H,32,36)(H,33,37). The van der Waals surface area contributed by atoms with Crippen LogP contribution in [0, 0.1) is 0 Å². The van der Waals surface area contributed by atoms with Gasteiger partial charge in [0, 0.05) is 56.9 Å². The Labute approximate surface area is 220 Å². The number of carbonyl (C=O) groups excluding carboxylic acids is 2. The van der Waals surface area contributed by atoms with Gasteiger partial charge in [-0.1, -0.05) is 67.6 Å². The van der Waals surface area contributed by atoms with E-state index in [0.29, 0.717) is 25.8 Å². The first kappa shape index (κ1) is 26.4. The molecule has 0 aliphatic carbocycles. The van der Waals surface area contributed by atoms with E-state index < -0.39 is 0 Å². The Hall–Kier alpha value is -3.64. The number of hydrogen-bond donors (Lipinski definition) is 2. The highest BCUT2D eigenvalue weighted by Crippen LogP contribution is 2.30. The number of piperazine rings is 1. The second-order valence-electron chi connectivity index (χ2n) is 9.55. The molecule has 2 amide bonds. The third kappa shape index (κ3) is 7.67. The second kappa shape index (κ2) is 13.6. The van der Waals surface area contributed by atoms with Gasteiger partial charge in [0.2, 0.25) is 11.8 Å². The Bertz CT molecular complexity index is 1070. The molecule has 6 nitrogen and oxygen atoms in total. The zero-order valence-corrected chi connectivity index (χ0v) is 21.7. The molecule has 37 heavy (non-hydrogen) atoms. The lowest BCUT2D eigenvalue weighted by molar-refractivity contribution is -0.121. The number of rotatable bonds is 11. The summed E-state index contributed by atoms with van der Waals surface area (Å²) in [5.74, 6) is -0.0459. The molecular weight excluding hydrogens is 460 g/mol. The van der Waals surface area contributed by atoms with Gasteiger partial charge in [0.25, 0.3) is 0 Å². The number of amides is 2. The summed E-state index contributed by atoms with van der Waals surface area (Å²) in [4.78, 5) is 28.9. The minimum Gasteiger partial charge on any atom is -0.369 e. The summed E-state index contributed by atoms with van der Waals surface area (Å²) < 4.78 is 0. The van der Waals surface area contributed by atoms with Crippen LogP contribution in [0.5, 0.6) is 0 Å². The van der Waals surface area contributed by atoms with E-state index in [4.69, 9.17) is 0 Å². The van der Waals surface area contributed by atoms with Crippen molar-refractivity contribution in [3.05, 3.63) is 96.1 Å². The topological polar surface area (TPSA) is 64.7 Å². The first-order valence-corrected chi connectivity index (χ1v) is 13.4. The molecule has 1 heterocycles. The fraction of sp³-hybridized carbons (Fsp3) is 0.355. The van der Waals surface area contributed by atoms with Crippen molar-refractivity contribution >= 4 is 23.2 Å². The molecular formula is C31H38N4O2. The average Bonchev–Trinajstić information content (AvgIpc) is 2.94. The summed E-state index contributed by atoms with van der Waals surface area (Å²) in [6, 6.07) is 29.8. The third-order valence-corrected chi connectivity index (χ3v) is 6.81. The van der Waals surface area contributed by atoms with Crippen LogP contribution in [0.3, 0.4) is 0 Å². The Kier molecular flexibility index (Phi) is 9.72. The molecule has 194 valence electrons. The normalized spacial score (nSPS) is 13.9. The van der Waals surface area contributed by atoms with Crippen molar-refractivity contribution in [3.8, 4) is 0 Å². The Morgan fingerprint density at radius 2 is 1.32 bits per heavy atom. The molecule has 3 aromatic rings. The molecule has 1 fully saturated rings. The monoisotopic (exact) mass is 498 g/mol. The summed E-state index contributed by atoms with van der Waals surface area (Å²) in [6.45, 7) is 6.54. The van der Waals surface area contributed by atoms with E-state index in [-0.39, 0.29) is 17.9 Å². The lowest BCUT2D eigenvalue weighted by Gasteiger charge is -2.40. The fourth-order valence-electron chi connectivity index (χ4n) is 4.86. The summed E-state index contributed by atoms with van der Waals surface area (Å²) in [5.41, 5.74) is 4.60. The molecule has 1 aliphatic heterocycles. The van der Waals surface area contributed by atoms with Crippen LogP contribution in [0.2, 0.25) is 0 Å². The van der Waals surface area contributed by atoms with Crippen molar-refractivity contribution in [2.75, 3.05) is 42.9 Å². The Morgan fingerprint density at radius 3 is 1.89 bits per heavy atom. The van der Waals surface area contributed by atoms with Crippen LogP contribution in [0.25, 0.3) is 0 Å². The van der Waals surface area contributed by atoms with Gasteiger partial charge in [-0.3, -0.25) is 14.5 Å². The Morgan fingerprint density at radius 1 is 0.757 bits per heavy atom. The summed E-state index contributed by atoms with van der Waals surface area (Å²) in [5, 5.41) is 5.79. The van der Waals surface area contributed by atoms with Crippen molar-refractivity contribution in [1.29, 1.82) is 0 Å². The van der Waals surface area contributed by atoms with Gasteiger partial charge in [-0.2, -0.15) is 0 Å². The first-order chi connectivity index (χ1) is 18.1. The minimum atomic E-state index is -0.0579. The largest absolute Gasteiger partial charge is 0.369 e. The van der Waals surface area contributed by atoms with E-state index in [1.165, 1.54) is 16.8 Å². The number of nitrogens with zero attached hydrogens (tertiary/aromatic N) is 2. The molecule has 0 unspecified atom stereocenters. The lowest BCUT2D eigenvalue weighted by atomic mass is 9.96. The van der Waals surface area contributed by atoms with E-state index in [1.807, 2.05) is 19.1 Å². The van der Waals surface area contributed by atoms with Crippen LogP contribution in [-0.2, 0) is 9.59 Å². The molecule has 6 heteroatoms. The van der Waals surface area contributed by atoms with Gasteiger partial charge < -0.3 is 15.5 Å². The molecule has 0 aromatic heterocycles. The molecule has 0 bridgehead atoms. The number of nitrogens with one attached hydrogen (secondary N) is 2. The SMILES string of the molecule is CCCNC(=O)CCCC(=O)Nc1ccc(N2CCN(C(c3ccccc3)c3ccccc3)CC2)cc1. The van der Waals surface area contributed by atoms with E-state index in [0.717, 1.165) is 38.3 Å². The van der Waals surface area contributed by atoms with Gasteiger partial charge in [0.15, 0.2) is 0 Å². The van der Waals surface area contributed by atoms with Crippen LogP contribution < -0.4 is 15.5 Å². The number of anilines is 2. The highest BCUT2D eigenvalue weighted by atomic mass is 16.2. The van der Waals surface area contributed by atoms with Gasteiger partial charge in [0.1, 0.15) is 0 Å². The predicted molar refractivity (Wildman–Crippen MR) is 151 cm³/mol. The molecule has 0 saturated carbocycles. The third-order valence-electron chi connectivity index (χ3n) is 6.81.